The number of ether oxygens (including phenoxy) is 1. The minimum absolute atomic E-state index is 0.0374. The lowest BCUT2D eigenvalue weighted by Gasteiger charge is -2.29. The Morgan fingerprint density at radius 3 is 2.58 bits per heavy atom. The van der Waals surface area contributed by atoms with Crippen molar-refractivity contribution < 1.29 is 13.9 Å². The Labute approximate surface area is 179 Å². The number of aromatic nitrogens is 3. The third-order valence-electron chi connectivity index (χ3n) is 5.41. The predicted octanol–water partition coefficient (Wildman–Crippen LogP) is 3.61. The van der Waals surface area contributed by atoms with Gasteiger partial charge in [-0.2, -0.15) is 10.4 Å². The van der Waals surface area contributed by atoms with E-state index in [0.717, 1.165) is 31.2 Å². The second-order valence-electron chi connectivity index (χ2n) is 7.61. The van der Waals surface area contributed by atoms with E-state index in [-0.39, 0.29) is 23.9 Å². The number of nitriles is 1. The molecule has 2 aromatic heterocycles. The normalized spacial score (nSPS) is 18.2. The summed E-state index contributed by atoms with van der Waals surface area (Å²) in [7, 11) is 1.72. The number of carbonyl (C=O) groups is 1. The van der Waals surface area contributed by atoms with Gasteiger partial charge in [-0.15, -0.1) is 0 Å². The molecule has 0 saturated heterocycles. The molecule has 3 aromatic rings. The van der Waals surface area contributed by atoms with Crippen molar-refractivity contribution in [2.45, 2.75) is 37.8 Å². The zero-order chi connectivity index (χ0) is 21.8. The monoisotopic (exact) mass is 419 g/mol. The number of aryl methyl sites for hydroxylation is 1. The average Bonchev–Trinajstić information content (AvgIpc) is 3.18. The Morgan fingerprint density at radius 2 is 1.94 bits per heavy atom. The molecule has 31 heavy (non-hydrogen) atoms. The van der Waals surface area contributed by atoms with Gasteiger partial charge in [-0.05, 0) is 62.1 Å². The van der Waals surface area contributed by atoms with E-state index >= 15 is 0 Å². The molecule has 0 unspecified atom stereocenters. The highest BCUT2D eigenvalue weighted by Crippen LogP contribution is 2.24. The zero-order valence-corrected chi connectivity index (χ0v) is 17.1. The van der Waals surface area contributed by atoms with Crippen LogP contribution in [0.2, 0.25) is 0 Å². The molecule has 1 aromatic carbocycles. The van der Waals surface area contributed by atoms with Gasteiger partial charge in [-0.1, -0.05) is 0 Å². The molecule has 4 rings (SSSR count). The maximum atomic E-state index is 13.1. The summed E-state index contributed by atoms with van der Waals surface area (Å²) in [4.78, 5) is 16.9. The Balaban J connectivity index is 1.32. The third kappa shape index (κ3) is 4.89. The van der Waals surface area contributed by atoms with Crippen LogP contribution in [0.1, 0.15) is 41.7 Å². The molecule has 1 aliphatic rings. The first-order valence-corrected chi connectivity index (χ1v) is 10.2. The molecule has 1 aliphatic carbocycles. The molecule has 1 fully saturated rings. The molecular formula is C23H22FN5O2. The minimum Gasteiger partial charge on any atom is -0.474 e. The average molecular weight is 419 g/mol. The summed E-state index contributed by atoms with van der Waals surface area (Å²) in [6, 6.07) is 13.2. The summed E-state index contributed by atoms with van der Waals surface area (Å²) in [5.74, 6) is 0.0170. The fourth-order valence-electron chi connectivity index (χ4n) is 3.71. The zero-order valence-electron chi connectivity index (χ0n) is 17.1. The maximum Gasteiger partial charge on any atom is 0.269 e. The van der Waals surface area contributed by atoms with Crippen LogP contribution in [-0.2, 0) is 7.05 Å². The van der Waals surface area contributed by atoms with Crippen molar-refractivity contribution in [3.05, 3.63) is 65.7 Å². The number of pyridine rings is 1. The molecule has 0 atom stereocenters. The topological polar surface area (TPSA) is 92.8 Å². The predicted molar refractivity (Wildman–Crippen MR) is 112 cm³/mol. The van der Waals surface area contributed by atoms with E-state index in [1.165, 1.54) is 18.3 Å². The van der Waals surface area contributed by atoms with Crippen LogP contribution >= 0.6 is 0 Å². The first-order valence-electron chi connectivity index (χ1n) is 10.2. The lowest BCUT2D eigenvalue weighted by atomic mass is 9.93. The van der Waals surface area contributed by atoms with Gasteiger partial charge in [-0.25, -0.2) is 9.37 Å². The van der Waals surface area contributed by atoms with Gasteiger partial charge in [-0.3, -0.25) is 9.48 Å². The van der Waals surface area contributed by atoms with Crippen molar-refractivity contribution in [2.75, 3.05) is 0 Å². The molecule has 1 saturated carbocycles. The first kappa shape index (κ1) is 20.5. The molecule has 8 heteroatoms. The number of nitrogens with one attached hydrogen (secondary N) is 1. The number of hydrogen-bond acceptors (Lipinski definition) is 5. The van der Waals surface area contributed by atoms with Gasteiger partial charge in [0.05, 0.1) is 11.3 Å². The van der Waals surface area contributed by atoms with Gasteiger partial charge in [0.1, 0.15) is 23.7 Å². The van der Waals surface area contributed by atoms with E-state index in [0.29, 0.717) is 22.8 Å². The summed E-state index contributed by atoms with van der Waals surface area (Å²) < 4.78 is 20.6. The Hall–Kier alpha value is -3.73. The molecule has 1 amide bonds. The summed E-state index contributed by atoms with van der Waals surface area (Å²) in [5.41, 5.74) is 2.33. The summed E-state index contributed by atoms with van der Waals surface area (Å²) in [6.07, 6.45) is 4.74. The highest BCUT2D eigenvalue weighted by Gasteiger charge is 2.25. The SMILES string of the molecule is Cn1nc(-c2ccc(F)cc2)cc1C(=O)NC1CCC(Oc2ccc(C#N)cn2)CC1. The van der Waals surface area contributed by atoms with E-state index < -0.39 is 0 Å². The van der Waals surface area contributed by atoms with E-state index in [4.69, 9.17) is 10.00 Å². The van der Waals surface area contributed by atoms with Gasteiger partial charge in [0.2, 0.25) is 5.88 Å². The van der Waals surface area contributed by atoms with Crippen molar-refractivity contribution in [1.29, 1.82) is 5.26 Å². The Morgan fingerprint density at radius 1 is 1.19 bits per heavy atom. The van der Waals surface area contributed by atoms with Gasteiger partial charge >= 0.3 is 0 Å². The van der Waals surface area contributed by atoms with Crippen LogP contribution in [0.5, 0.6) is 5.88 Å². The number of nitrogens with zero attached hydrogens (tertiary/aromatic N) is 4. The number of amides is 1. The molecule has 0 spiro atoms. The Kier molecular flexibility index (Phi) is 5.94. The second kappa shape index (κ2) is 8.96. The van der Waals surface area contributed by atoms with Crippen molar-refractivity contribution in [3.8, 4) is 23.2 Å². The first-order chi connectivity index (χ1) is 15.0. The standard InChI is InChI=1S/C23H22FN5O2/c1-29-21(12-20(28-29)16-3-5-17(24)6-4-16)23(30)27-18-7-9-19(10-8-18)31-22-11-2-15(13-25)14-26-22/h2-6,11-12,14,18-19H,7-10H2,1H3,(H,27,30). The summed E-state index contributed by atoms with van der Waals surface area (Å²) in [5, 5.41) is 16.3. The molecule has 1 N–H and O–H groups in total. The van der Waals surface area contributed by atoms with E-state index in [1.807, 2.05) is 6.07 Å². The highest BCUT2D eigenvalue weighted by molar-refractivity contribution is 5.93. The van der Waals surface area contributed by atoms with Crippen LogP contribution in [0.15, 0.2) is 48.7 Å². The van der Waals surface area contributed by atoms with Crippen molar-refractivity contribution >= 4 is 5.91 Å². The molecule has 0 bridgehead atoms. The molecule has 158 valence electrons. The van der Waals surface area contributed by atoms with Crippen LogP contribution in [0, 0.1) is 17.1 Å². The number of rotatable bonds is 5. The van der Waals surface area contributed by atoms with Gasteiger partial charge < -0.3 is 10.1 Å². The molecular weight excluding hydrogens is 397 g/mol. The summed E-state index contributed by atoms with van der Waals surface area (Å²) >= 11 is 0. The Bertz CT molecular complexity index is 1090. The minimum atomic E-state index is -0.313. The van der Waals surface area contributed by atoms with Gasteiger partial charge in [0.15, 0.2) is 0 Å². The number of hydrogen-bond donors (Lipinski definition) is 1. The van der Waals surface area contributed by atoms with Crippen molar-refractivity contribution in [1.82, 2.24) is 20.1 Å². The van der Waals surface area contributed by atoms with E-state index in [1.54, 1.807) is 42.1 Å². The molecule has 0 aliphatic heterocycles. The molecule has 0 radical (unpaired) electrons. The van der Waals surface area contributed by atoms with Crippen LogP contribution in [0.3, 0.4) is 0 Å². The second-order valence-corrected chi connectivity index (χ2v) is 7.61. The van der Waals surface area contributed by atoms with Gasteiger partial charge in [0, 0.05) is 30.9 Å². The largest absolute Gasteiger partial charge is 0.474 e. The third-order valence-corrected chi connectivity index (χ3v) is 5.41. The van der Waals surface area contributed by atoms with Crippen LogP contribution < -0.4 is 10.1 Å². The molecule has 7 nitrogen and oxygen atoms in total. The highest BCUT2D eigenvalue weighted by atomic mass is 19.1. The van der Waals surface area contributed by atoms with E-state index in [2.05, 4.69) is 15.4 Å². The van der Waals surface area contributed by atoms with Crippen LogP contribution in [0.4, 0.5) is 4.39 Å². The fraction of sp³-hybridized carbons (Fsp3) is 0.304. The van der Waals surface area contributed by atoms with Crippen LogP contribution in [-0.4, -0.2) is 32.8 Å². The fourth-order valence-corrected chi connectivity index (χ4v) is 3.71. The lowest BCUT2D eigenvalue weighted by Crippen LogP contribution is -2.40. The number of carbonyl (C=O) groups excluding carboxylic acids is 1. The molecule has 2 heterocycles. The quantitative estimate of drug-likeness (QED) is 0.682. The van der Waals surface area contributed by atoms with E-state index in [9.17, 15) is 9.18 Å². The lowest BCUT2D eigenvalue weighted by molar-refractivity contribution is 0.0881. The number of halogens is 1. The van der Waals surface area contributed by atoms with Crippen molar-refractivity contribution in [3.63, 3.8) is 0 Å². The maximum absolute atomic E-state index is 13.1. The smallest absolute Gasteiger partial charge is 0.269 e. The van der Waals surface area contributed by atoms with Crippen molar-refractivity contribution in [2.24, 2.45) is 7.05 Å². The summed E-state index contributed by atoms with van der Waals surface area (Å²) in [6.45, 7) is 0. The van der Waals surface area contributed by atoms with Gasteiger partial charge in [0.25, 0.3) is 5.91 Å². The van der Waals surface area contributed by atoms with Crippen LogP contribution in [0.25, 0.3) is 11.3 Å². The number of benzene rings is 1.